The number of nitrogens with one attached hydrogen (secondary N) is 2. The van der Waals surface area contributed by atoms with E-state index in [4.69, 9.17) is 5.84 Å². The first-order valence-corrected chi connectivity index (χ1v) is 6.12. The number of alkyl halides is 3. The largest absolute Gasteiger partial charge is 0.416 e. The Morgan fingerprint density at radius 2 is 1.95 bits per heavy atom. The van der Waals surface area contributed by atoms with Gasteiger partial charge in [-0.1, -0.05) is 13.3 Å². The summed E-state index contributed by atoms with van der Waals surface area (Å²) in [6.07, 6.45) is -1.07. The van der Waals surface area contributed by atoms with E-state index in [1.54, 1.807) is 0 Å². The molecule has 0 radical (unpaired) electrons. The lowest BCUT2D eigenvalue weighted by molar-refractivity contribution is -0.137. The molecule has 2 rings (SSSR count). The molecule has 0 atom stereocenters. The fraction of sp³-hybridized carbons (Fsp3) is 0.583. The zero-order chi connectivity index (χ0) is 14.1. The van der Waals surface area contributed by atoms with Gasteiger partial charge in [-0.3, -0.25) is 0 Å². The number of nitrogens with zero attached hydrogens (tertiary/aromatic N) is 1. The number of aromatic nitrogens is 1. The Morgan fingerprint density at radius 3 is 2.42 bits per heavy atom. The third-order valence-corrected chi connectivity index (χ3v) is 3.56. The van der Waals surface area contributed by atoms with Crippen LogP contribution in [-0.4, -0.2) is 11.5 Å². The average molecular weight is 274 g/mol. The van der Waals surface area contributed by atoms with Gasteiger partial charge in [0.1, 0.15) is 11.6 Å². The van der Waals surface area contributed by atoms with E-state index in [-0.39, 0.29) is 17.1 Å². The monoisotopic (exact) mass is 274 g/mol. The number of pyridine rings is 1. The Labute approximate surface area is 109 Å². The molecule has 1 heterocycles. The Kier molecular flexibility index (Phi) is 3.58. The van der Waals surface area contributed by atoms with Gasteiger partial charge in [0.2, 0.25) is 0 Å². The summed E-state index contributed by atoms with van der Waals surface area (Å²) in [7, 11) is 0. The first-order valence-electron chi connectivity index (χ1n) is 6.12. The van der Waals surface area contributed by atoms with Crippen molar-refractivity contribution in [1.82, 2.24) is 4.98 Å². The van der Waals surface area contributed by atoms with Crippen molar-refractivity contribution in [2.24, 2.45) is 11.3 Å². The number of hydrogen-bond acceptors (Lipinski definition) is 4. The molecule has 1 saturated carbocycles. The molecule has 1 aliphatic carbocycles. The molecule has 4 nitrogen and oxygen atoms in total. The van der Waals surface area contributed by atoms with Crippen LogP contribution >= 0.6 is 0 Å². The molecular formula is C12H17F3N4. The second-order valence-corrected chi connectivity index (χ2v) is 5.29. The van der Waals surface area contributed by atoms with Gasteiger partial charge in [0.25, 0.3) is 0 Å². The van der Waals surface area contributed by atoms with Crippen molar-refractivity contribution in [2.45, 2.75) is 32.4 Å². The highest BCUT2D eigenvalue weighted by Crippen LogP contribution is 2.40. The quantitative estimate of drug-likeness (QED) is 0.583. The molecule has 7 heteroatoms. The molecule has 106 valence electrons. The van der Waals surface area contributed by atoms with E-state index in [0.717, 1.165) is 25.0 Å². The predicted octanol–water partition coefficient (Wildman–Crippen LogP) is 2.99. The topological polar surface area (TPSA) is 63.0 Å². The highest BCUT2D eigenvalue weighted by atomic mass is 19.4. The Morgan fingerprint density at radius 1 is 1.32 bits per heavy atom. The van der Waals surface area contributed by atoms with E-state index in [1.807, 2.05) is 0 Å². The van der Waals surface area contributed by atoms with E-state index in [2.05, 4.69) is 22.7 Å². The molecular weight excluding hydrogens is 257 g/mol. The Bertz CT molecular complexity index is 455. The van der Waals surface area contributed by atoms with Crippen molar-refractivity contribution in [2.75, 3.05) is 17.3 Å². The predicted molar refractivity (Wildman–Crippen MR) is 67.5 cm³/mol. The zero-order valence-corrected chi connectivity index (χ0v) is 10.6. The average Bonchev–Trinajstić information content (AvgIpc) is 2.32. The van der Waals surface area contributed by atoms with Crippen LogP contribution < -0.4 is 16.6 Å². The van der Waals surface area contributed by atoms with E-state index < -0.39 is 11.7 Å². The van der Waals surface area contributed by atoms with Gasteiger partial charge in [-0.15, -0.1) is 0 Å². The van der Waals surface area contributed by atoms with Crippen molar-refractivity contribution >= 4 is 11.6 Å². The molecule has 1 fully saturated rings. The van der Waals surface area contributed by atoms with Gasteiger partial charge < -0.3 is 10.7 Å². The second-order valence-electron chi connectivity index (χ2n) is 5.29. The van der Waals surface area contributed by atoms with Gasteiger partial charge >= 0.3 is 6.18 Å². The summed E-state index contributed by atoms with van der Waals surface area (Å²) in [5.74, 6) is 5.33. The van der Waals surface area contributed by atoms with Crippen LogP contribution in [0.25, 0.3) is 0 Å². The van der Waals surface area contributed by atoms with Gasteiger partial charge in [0.15, 0.2) is 0 Å². The second kappa shape index (κ2) is 4.88. The Balaban J connectivity index is 2.15. The Hall–Kier alpha value is -1.50. The lowest BCUT2D eigenvalue weighted by Gasteiger charge is -2.38. The molecule has 0 aliphatic heterocycles. The van der Waals surface area contributed by atoms with Crippen LogP contribution in [0.2, 0.25) is 0 Å². The van der Waals surface area contributed by atoms with Crippen LogP contribution in [0.5, 0.6) is 0 Å². The van der Waals surface area contributed by atoms with E-state index >= 15 is 0 Å². The lowest BCUT2D eigenvalue weighted by Crippen LogP contribution is -2.33. The fourth-order valence-corrected chi connectivity index (χ4v) is 2.12. The van der Waals surface area contributed by atoms with E-state index in [0.29, 0.717) is 6.54 Å². The molecule has 1 aromatic rings. The summed E-state index contributed by atoms with van der Waals surface area (Å²) in [5.41, 5.74) is 1.55. The number of nitrogen functional groups attached to an aromatic ring is 1. The third kappa shape index (κ3) is 3.28. The van der Waals surface area contributed by atoms with Crippen molar-refractivity contribution in [3.63, 3.8) is 0 Å². The standard InChI is InChI=1S/C12H17F3N4/c1-11(3-2-4-11)7-17-9-5-8(12(13,14)15)6-10(18-9)19-16/h5-6H,2-4,7,16H2,1H3,(H2,17,18,19). The number of nitrogens with two attached hydrogens (primary N) is 1. The molecule has 0 aromatic carbocycles. The summed E-state index contributed by atoms with van der Waals surface area (Å²) in [5, 5.41) is 2.97. The summed E-state index contributed by atoms with van der Waals surface area (Å²) in [4.78, 5) is 3.98. The highest BCUT2D eigenvalue weighted by Gasteiger charge is 2.33. The maximum Gasteiger partial charge on any atom is 0.416 e. The van der Waals surface area contributed by atoms with E-state index in [1.165, 1.54) is 6.42 Å². The van der Waals surface area contributed by atoms with Gasteiger partial charge in [-0.2, -0.15) is 13.2 Å². The van der Waals surface area contributed by atoms with Gasteiger partial charge in [-0.05, 0) is 30.4 Å². The summed E-state index contributed by atoms with van der Waals surface area (Å²) in [6, 6.07) is 1.89. The van der Waals surface area contributed by atoms with Gasteiger partial charge in [0, 0.05) is 6.54 Å². The zero-order valence-electron chi connectivity index (χ0n) is 10.6. The van der Waals surface area contributed by atoms with Gasteiger partial charge in [-0.25, -0.2) is 10.8 Å². The summed E-state index contributed by atoms with van der Waals surface area (Å²) in [6.45, 7) is 2.73. The minimum Gasteiger partial charge on any atom is -0.369 e. The van der Waals surface area contributed by atoms with Crippen LogP contribution in [0.15, 0.2) is 12.1 Å². The van der Waals surface area contributed by atoms with E-state index in [9.17, 15) is 13.2 Å². The summed E-state index contributed by atoms with van der Waals surface area (Å²) < 4.78 is 38.1. The fourth-order valence-electron chi connectivity index (χ4n) is 2.12. The van der Waals surface area contributed by atoms with Crippen LogP contribution in [0.3, 0.4) is 0 Å². The van der Waals surface area contributed by atoms with Crippen molar-refractivity contribution in [1.29, 1.82) is 0 Å². The number of hydrogen-bond donors (Lipinski definition) is 3. The molecule has 1 aromatic heterocycles. The van der Waals surface area contributed by atoms with Gasteiger partial charge in [0.05, 0.1) is 5.56 Å². The molecule has 0 amide bonds. The third-order valence-electron chi connectivity index (χ3n) is 3.56. The van der Waals surface area contributed by atoms with Crippen LogP contribution in [0.1, 0.15) is 31.7 Å². The molecule has 4 N–H and O–H groups in total. The van der Waals surface area contributed by atoms with Crippen LogP contribution in [0.4, 0.5) is 24.8 Å². The molecule has 19 heavy (non-hydrogen) atoms. The number of halogens is 3. The number of rotatable bonds is 4. The molecule has 0 spiro atoms. The van der Waals surface area contributed by atoms with Crippen molar-refractivity contribution < 1.29 is 13.2 Å². The van der Waals surface area contributed by atoms with Crippen molar-refractivity contribution in [3.05, 3.63) is 17.7 Å². The highest BCUT2D eigenvalue weighted by molar-refractivity contribution is 5.49. The SMILES string of the molecule is CC1(CNc2cc(C(F)(F)F)cc(NN)n2)CCC1. The van der Waals surface area contributed by atoms with Crippen LogP contribution in [-0.2, 0) is 6.18 Å². The lowest BCUT2D eigenvalue weighted by atomic mass is 9.70. The normalized spacial score (nSPS) is 17.7. The molecule has 0 bridgehead atoms. The maximum atomic E-state index is 12.7. The van der Waals surface area contributed by atoms with Crippen molar-refractivity contribution in [3.8, 4) is 0 Å². The molecule has 1 aliphatic rings. The van der Waals surface area contributed by atoms with Crippen LogP contribution in [0, 0.1) is 5.41 Å². The minimum absolute atomic E-state index is 0.00362. The number of hydrazine groups is 1. The number of anilines is 2. The molecule has 0 saturated heterocycles. The minimum atomic E-state index is -4.41. The maximum absolute atomic E-state index is 12.7. The summed E-state index contributed by atoms with van der Waals surface area (Å²) >= 11 is 0. The smallest absolute Gasteiger partial charge is 0.369 e. The first kappa shape index (κ1) is 13.9. The first-order chi connectivity index (χ1) is 8.82. The molecule has 0 unspecified atom stereocenters.